The molecular formula is C12H16N2O4. The summed E-state index contributed by atoms with van der Waals surface area (Å²) in [5.74, 6) is -0.298. The van der Waals surface area contributed by atoms with Crippen molar-refractivity contribution in [3.8, 4) is 0 Å². The van der Waals surface area contributed by atoms with Crippen LogP contribution in [-0.2, 0) is 0 Å². The smallest absolute Gasteiger partial charge is 0.273 e. The van der Waals surface area contributed by atoms with Crippen LogP contribution >= 0.6 is 0 Å². The highest BCUT2D eigenvalue weighted by Crippen LogP contribution is 2.22. The Morgan fingerprint density at radius 3 is 2.67 bits per heavy atom. The Labute approximate surface area is 105 Å². The molecule has 0 saturated heterocycles. The monoisotopic (exact) mass is 252 g/mol. The number of benzene rings is 1. The number of rotatable bonds is 5. The van der Waals surface area contributed by atoms with Crippen molar-refractivity contribution < 1.29 is 14.8 Å². The summed E-state index contributed by atoms with van der Waals surface area (Å²) in [4.78, 5) is 23.9. The molecule has 0 heterocycles. The molecule has 0 atom stereocenters. The summed E-state index contributed by atoms with van der Waals surface area (Å²) in [6.07, 6.45) is 0. The van der Waals surface area contributed by atoms with Crippen LogP contribution in [0.25, 0.3) is 0 Å². The molecule has 0 aliphatic heterocycles. The van der Waals surface area contributed by atoms with Crippen LogP contribution in [0.4, 0.5) is 5.69 Å². The van der Waals surface area contributed by atoms with Crippen LogP contribution in [0, 0.1) is 17.0 Å². The molecule has 0 unspecified atom stereocenters. The van der Waals surface area contributed by atoms with Gasteiger partial charge in [0.05, 0.1) is 11.5 Å². The lowest BCUT2D eigenvalue weighted by Gasteiger charge is -2.20. The van der Waals surface area contributed by atoms with E-state index in [-0.39, 0.29) is 24.7 Å². The van der Waals surface area contributed by atoms with Crippen molar-refractivity contribution >= 4 is 11.6 Å². The zero-order valence-corrected chi connectivity index (χ0v) is 10.4. The summed E-state index contributed by atoms with van der Waals surface area (Å²) in [5, 5.41) is 19.7. The normalized spacial score (nSPS) is 10.2. The van der Waals surface area contributed by atoms with Crippen LogP contribution in [0.5, 0.6) is 0 Å². The first kappa shape index (κ1) is 14.1. The second-order valence-electron chi connectivity index (χ2n) is 3.82. The van der Waals surface area contributed by atoms with Crippen LogP contribution < -0.4 is 0 Å². The zero-order chi connectivity index (χ0) is 13.7. The first-order valence-corrected chi connectivity index (χ1v) is 5.67. The summed E-state index contributed by atoms with van der Waals surface area (Å²) >= 11 is 0. The molecular weight excluding hydrogens is 236 g/mol. The van der Waals surface area contributed by atoms with E-state index in [4.69, 9.17) is 5.11 Å². The molecule has 0 aliphatic carbocycles. The third-order valence-corrected chi connectivity index (χ3v) is 2.77. The van der Waals surface area contributed by atoms with Gasteiger partial charge in [-0.1, -0.05) is 6.07 Å². The Morgan fingerprint density at radius 2 is 2.17 bits per heavy atom. The summed E-state index contributed by atoms with van der Waals surface area (Å²) < 4.78 is 0. The van der Waals surface area contributed by atoms with Crippen LogP contribution in [0.2, 0.25) is 0 Å². The molecule has 0 saturated carbocycles. The van der Waals surface area contributed by atoms with E-state index in [9.17, 15) is 14.9 Å². The summed E-state index contributed by atoms with van der Waals surface area (Å²) in [5.41, 5.74) is 0.587. The second kappa shape index (κ2) is 6.11. The van der Waals surface area contributed by atoms with Gasteiger partial charge in [-0.25, -0.2) is 0 Å². The molecule has 1 N–H and O–H groups in total. The highest BCUT2D eigenvalue weighted by molar-refractivity contribution is 5.96. The minimum absolute atomic E-state index is 0.0686. The van der Waals surface area contributed by atoms with Crippen molar-refractivity contribution in [1.82, 2.24) is 4.90 Å². The third kappa shape index (κ3) is 2.84. The Balaban J connectivity index is 3.13. The maximum Gasteiger partial charge on any atom is 0.273 e. The van der Waals surface area contributed by atoms with Gasteiger partial charge >= 0.3 is 0 Å². The average Bonchev–Trinajstić information content (AvgIpc) is 2.35. The zero-order valence-electron chi connectivity index (χ0n) is 10.4. The van der Waals surface area contributed by atoms with Gasteiger partial charge in [0.2, 0.25) is 0 Å². The number of amides is 1. The second-order valence-corrected chi connectivity index (χ2v) is 3.82. The lowest BCUT2D eigenvalue weighted by Crippen LogP contribution is -2.33. The molecule has 98 valence electrons. The van der Waals surface area contributed by atoms with E-state index in [0.29, 0.717) is 17.7 Å². The Bertz CT molecular complexity index is 459. The van der Waals surface area contributed by atoms with Crippen molar-refractivity contribution in [2.45, 2.75) is 13.8 Å². The van der Waals surface area contributed by atoms with E-state index in [1.807, 2.05) is 0 Å². The number of nitro groups is 1. The molecule has 0 aromatic heterocycles. The molecule has 1 rings (SSSR count). The molecule has 0 bridgehead atoms. The molecule has 1 amide bonds. The lowest BCUT2D eigenvalue weighted by molar-refractivity contribution is -0.385. The van der Waals surface area contributed by atoms with Crippen molar-refractivity contribution in [3.05, 3.63) is 39.4 Å². The van der Waals surface area contributed by atoms with Crippen molar-refractivity contribution in [1.29, 1.82) is 0 Å². The predicted octanol–water partition coefficient (Wildman–Crippen LogP) is 1.36. The molecule has 18 heavy (non-hydrogen) atoms. The highest BCUT2D eigenvalue weighted by atomic mass is 16.6. The van der Waals surface area contributed by atoms with Crippen molar-refractivity contribution in [2.24, 2.45) is 0 Å². The van der Waals surface area contributed by atoms with Gasteiger partial charge in [0.15, 0.2) is 0 Å². The summed E-state index contributed by atoms with van der Waals surface area (Å²) in [6.45, 7) is 3.88. The van der Waals surface area contributed by atoms with Gasteiger partial charge in [-0.05, 0) is 19.9 Å². The average molecular weight is 252 g/mol. The number of carbonyl (C=O) groups excluding carboxylic acids is 1. The number of hydrogen-bond donors (Lipinski definition) is 1. The molecule has 0 spiro atoms. The van der Waals surface area contributed by atoms with E-state index >= 15 is 0 Å². The van der Waals surface area contributed by atoms with Crippen LogP contribution in [0.3, 0.4) is 0 Å². The SMILES string of the molecule is CCN(CCO)C(=O)c1cccc([N+](=O)[O-])c1C. The Kier molecular flexibility index (Phi) is 4.79. The van der Waals surface area contributed by atoms with Gasteiger partial charge in [0, 0.05) is 30.3 Å². The van der Waals surface area contributed by atoms with Gasteiger partial charge < -0.3 is 10.0 Å². The first-order valence-electron chi connectivity index (χ1n) is 5.67. The number of nitrogens with zero attached hydrogens (tertiary/aromatic N) is 2. The van der Waals surface area contributed by atoms with E-state index in [2.05, 4.69) is 0 Å². The fourth-order valence-corrected chi connectivity index (χ4v) is 1.75. The van der Waals surface area contributed by atoms with Gasteiger partial charge in [0.25, 0.3) is 11.6 Å². The minimum Gasteiger partial charge on any atom is -0.395 e. The maximum atomic E-state index is 12.2. The standard InChI is InChI=1S/C12H16N2O4/c1-3-13(7-8-15)12(16)10-5-4-6-11(9(10)2)14(17)18/h4-6,15H,3,7-8H2,1-2H3. The van der Waals surface area contributed by atoms with E-state index in [0.717, 1.165) is 0 Å². The molecule has 0 fully saturated rings. The molecule has 6 heteroatoms. The predicted molar refractivity (Wildman–Crippen MR) is 66.5 cm³/mol. The molecule has 1 aromatic carbocycles. The highest BCUT2D eigenvalue weighted by Gasteiger charge is 2.21. The molecule has 0 radical (unpaired) electrons. The number of hydrogen-bond acceptors (Lipinski definition) is 4. The fourth-order valence-electron chi connectivity index (χ4n) is 1.75. The largest absolute Gasteiger partial charge is 0.395 e. The topological polar surface area (TPSA) is 83.7 Å². The third-order valence-electron chi connectivity index (χ3n) is 2.77. The lowest BCUT2D eigenvalue weighted by atomic mass is 10.1. The Morgan fingerprint density at radius 1 is 1.50 bits per heavy atom. The van der Waals surface area contributed by atoms with Gasteiger partial charge in [0.1, 0.15) is 0 Å². The van der Waals surface area contributed by atoms with Crippen molar-refractivity contribution in [2.75, 3.05) is 19.7 Å². The number of nitro benzene ring substituents is 1. The molecule has 1 aromatic rings. The fraction of sp³-hybridized carbons (Fsp3) is 0.417. The number of aliphatic hydroxyl groups excluding tert-OH is 1. The van der Waals surface area contributed by atoms with Gasteiger partial charge in [-0.3, -0.25) is 14.9 Å². The van der Waals surface area contributed by atoms with E-state index < -0.39 is 4.92 Å². The molecule has 0 aliphatic rings. The minimum atomic E-state index is -0.506. The molecule has 6 nitrogen and oxygen atoms in total. The van der Waals surface area contributed by atoms with Crippen LogP contribution in [-0.4, -0.2) is 40.5 Å². The van der Waals surface area contributed by atoms with Gasteiger partial charge in [-0.15, -0.1) is 0 Å². The quantitative estimate of drug-likeness (QED) is 0.633. The van der Waals surface area contributed by atoms with Crippen LogP contribution in [0.1, 0.15) is 22.8 Å². The number of likely N-dealkylation sites (N-methyl/N-ethyl adjacent to an activating group) is 1. The van der Waals surface area contributed by atoms with E-state index in [1.165, 1.54) is 17.0 Å². The number of carbonyl (C=O) groups is 1. The summed E-state index contributed by atoms with van der Waals surface area (Å²) in [7, 11) is 0. The van der Waals surface area contributed by atoms with E-state index in [1.54, 1.807) is 19.9 Å². The summed E-state index contributed by atoms with van der Waals surface area (Å²) in [6, 6.07) is 4.42. The van der Waals surface area contributed by atoms with Crippen molar-refractivity contribution in [3.63, 3.8) is 0 Å². The van der Waals surface area contributed by atoms with Crippen LogP contribution in [0.15, 0.2) is 18.2 Å². The maximum absolute atomic E-state index is 12.2. The Hall–Kier alpha value is -1.95. The van der Waals surface area contributed by atoms with Gasteiger partial charge in [-0.2, -0.15) is 0 Å². The number of aliphatic hydroxyl groups is 1. The first-order chi connectivity index (χ1) is 8.52.